The molecule has 3 nitrogen and oxygen atoms in total. The first-order valence-electron chi connectivity index (χ1n) is 8.52. The minimum atomic E-state index is 0.0507. The molecule has 1 N–H and O–H groups in total. The summed E-state index contributed by atoms with van der Waals surface area (Å²) in [6.45, 7) is 1.92. The third-order valence-electron chi connectivity index (χ3n) is 4.40. The van der Waals surface area contributed by atoms with Crippen molar-refractivity contribution >= 4 is 11.7 Å². The van der Waals surface area contributed by atoms with E-state index in [0.29, 0.717) is 18.5 Å². The van der Waals surface area contributed by atoms with Gasteiger partial charge in [0.25, 0.3) is 0 Å². The van der Waals surface area contributed by atoms with Gasteiger partial charge in [-0.3, -0.25) is 9.59 Å². The topological polar surface area (TPSA) is 46.2 Å². The zero-order valence-electron chi connectivity index (χ0n) is 13.9. The number of carbonyl (C=O) groups is 2. The van der Waals surface area contributed by atoms with E-state index < -0.39 is 0 Å². The van der Waals surface area contributed by atoms with Crippen LogP contribution < -0.4 is 5.32 Å². The standard InChI is InChI=1S/C20H25NO2/c1-16(22)19-12-9-18(10-13-19)8-5-15-21-20(23)14-11-17-6-3-2-4-7-17/h9-10,12-13,17H,2-4,6-7,11,14-15H2,1H3,(H,21,23). The van der Waals surface area contributed by atoms with E-state index in [1.54, 1.807) is 19.1 Å². The predicted octanol–water partition coefficient (Wildman–Crippen LogP) is 3.72. The van der Waals surface area contributed by atoms with Crippen LogP contribution in [-0.4, -0.2) is 18.2 Å². The van der Waals surface area contributed by atoms with Crippen LogP contribution in [-0.2, 0) is 4.79 Å². The van der Waals surface area contributed by atoms with Crippen LogP contribution in [0.3, 0.4) is 0 Å². The molecule has 0 aromatic heterocycles. The van der Waals surface area contributed by atoms with E-state index in [1.807, 2.05) is 12.1 Å². The Labute approximate surface area is 138 Å². The summed E-state index contributed by atoms with van der Waals surface area (Å²) in [7, 11) is 0. The van der Waals surface area contributed by atoms with Gasteiger partial charge in [0.1, 0.15) is 0 Å². The van der Waals surface area contributed by atoms with Crippen molar-refractivity contribution in [3.63, 3.8) is 0 Å². The lowest BCUT2D eigenvalue weighted by molar-refractivity contribution is -0.121. The Balaban J connectivity index is 1.67. The largest absolute Gasteiger partial charge is 0.345 e. The van der Waals surface area contributed by atoms with Crippen molar-refractivity contribution in [2.45, 2.75) is 51.9 Å². The normalized spacial score (nSPS) is 14.7. The fourth-order valence-corrected chi connectivity index (χ4v) is 2.98. The van der Waals surface area contributed by atoms with Crippen LogP contribution in [0.5, 0.6) is 0 Å². The molecule has 0 heterocycles. The van der Waals surface area contributed by atoms with E-state index in [-0.39, 0.29) is 11.7 Å². The smallest absolute Gasteiger partial charge is 0.220 e. The summed E-state index contributed by atoms with van der Waals surface area (Å²) in [5.41, 5.74) is 1.54. The zero-order valence-corrected chi connectivity index (χ0v) is 13.9. The van der Waals surface area contributed by atoms with Crippen molar-refractivity contribution < 1.29 is 9.59 Å². The van der Waals surface area contributed by atoms with Crippen molar-refractivity contribution in [1.29, 1.82) is 0 Å². The monoisotopic (exact) mass is 311 g/mol. The van der Waals surface area contributed by atoms with Crippen LogP contribution in [0, 0.1) is 17.8 Å². The van der Waals surface area contributed by atoms with Crippen molar-refractivity contribution in [3.05, 3.63) is 35.4 Å². The molecule has 1 amide bonds. The first kappa shape index (κ1) is 17.3. The molecule has 3 heteroatoms. The maximum atomic E-state index is 11.8. The Kier molecular flexibility index (Phi) is 6.87. The Bertz CT molecular complexity index is 586. The molecule has 1 aliphatic carbocycles. The highest BCUT2D eigenvalue weighted by Gasteiger charge is 2.14. The van der Waals surface area contributed by atoms with Crippen molar-refractivity contribution in [3.8, 4) is 11.8 Å². The van der Waals surface area contributed by atoms with Crippen molar-refractivity contribution in [2.75, 3.05) is 6.54 Å². The zero-order chi connectivity index (χ0) is 16.5. The van der Waals surface area contributed by atoms with E-state index in [1.165, 1.54) is 32.1 Å². The van der Waals surface area contributed by atoms with Crippen molar-refractivity contribution in [2.24, 2.45) is 5.92 Å². The minimum Gasteiger partial charge on any atom is -0.345 e. The molecule has 1 aromatic carbocycles. The summed E-state index contributed by atoms with van der Waals surface area (Å²) in [5, 5.41) is 2.86. The highest BCUT2D eigenvalue weighted by atomic mass is 16.1. The molecule has 0 radical (unpaired) electrons. The number of hydrogen-bond donors (Lipinski definition) is 1. The molecular formula is C20H25NO2. The number of benzene rings is 1. The van der Waals surface area contributed by atoms with Crippen molar-refractivity contribution in [1.82, 2.24) is 5.32 Å². The number of Topliss-reactive ketones (excluding diaryl/α,β-unsaturated/α-hetero) is 1. The van der Waals surface area contributed by atoms with Gasteiger partial charge in [-0.1, -0.05) is 56.1 Å². The molecule has 23 heavy (non-hydrogen) atoms. The molecule has 2 rings (SSSR count). The first-order chi connectivity index (χ1) is 11.1. The summed E-state index contributed by atoms with van der Waals surface area (Å²) in [6.07, 6.45) is 8.17. The minimum absolute atomic E-state index is 0.0507. The lowest BCUT2D eigenvalue weighted by atomic mass is 9.86. The second kappa shape index (κ2) is 9.15. The number of carbonyl (C=O) groups excluding carboxylic acids is 2. The quantitative estimate of drug-likeness (QED) is 0.665. The average Bonchev–Trinajstić information content (AvgIpc) is 2.58. The lowest BCUT2D eigenvalue weighted by Gasteiger charge is -2.20. The van der Waals surface area contributed by atoms with Gasteiger partial charge in [-0.05, 0) is 31.4 Å². The number of rotatable bonds is 5. The van der Waals surface area contributed by atoms with Gasteiger partial charge in [0.2, 0.25) is 5.91 Å². The van der Waals surface area contributed by atoms with Crippen LogP contribution in [0.25, 0.3) is 0 Å². The SMILES string of the molecule is CC(=O)c1ccc(C#CCNC(=O)CCC2CCCCC2)cc1. The molecule has 0 spiro atoms. The molecule has 122 valence electrons. The third-order valence-corrected chi connectivity index (χ3v) is 4.40. The van der Waals surface area contributed by atoms with E-state index in [0.717, 1.165) is 17.9 Å². The molecule has 0 saturated heterocycles. The highest BCUT2D eigenvalue weighted by molar-refractivity contribution is 5.94. The van der Waals surface area contributed by atoms with Gasteiger partial charge in [0.15, 0.2) is 5.78 Å². The fourth-order valence-electron chi connectivity index (χ4n) is 2.98. The van der Waals surface area contributed by atoms with Gasteiger partial charge in [-0.15, -0.1) is 0 Å². The summed E-state index contributed by atoms with van der Waals surface area (Å²) in [4.78, 5) is 23.0. The van der Waals surface area contributed by atoms with Gasteiger partial charge < -0.3 is 5.32 Å². The fraction of sp³-hybridized carbons (Fsp3) is 0.500. The molecule has 0 bridgehead atoms. The van der Waals surface area contributed by atoms with Gasteiger partial charge in [-0.25, -0.2) is 0 Å². The second-order valence-corrected chi connectivity index (χ2v) is 6.25. The summed E-state index contributed by atoms with van der Waals surface area (Å²) < 4.78 is 0. The molecular weight excluding hydrogens is 286 g/mol. The first-order valence-corrected chi connectivity index (χ1v) is 8.52. The molecule has 1 aromatic rings. The molecule has 1 saturated carbocycles. The molecule has 0 unspecified atom stereocenters. The number of hydrogen-bond acceptors (Lipinski definition) is 2. The Morgan fingerprint density at radius 3 is 2.48 bits per heavy atom. The van der Waals surface area contributed by atoms with E-state index >= 15 is 0 Å². The Hall–Kier alpha value is -2.08. The lowest BCUT2D eigenvalue weighted by Crippen LogP contribution is -2.24. The molecule has 0 aliphatic heterocycles. The Morgan fingerprint density at radius 2 is 1.83 bits per heavy atom. The maximum Gasteiger partial charge on any atom is 0.220 e. The molecule has 0 atom stereocenters. The van der Waals surface area contributed by atoms with Gasteiger partial charge in [0.05, 0.1) is 6.54 Å². The Morgan fingerprint density at radius 1 is 1.13 bits per heavy atom. The highest BCUT2D eigenvalue weighted by Crippen LogP contribution is 2.27. The summed E-state index contributed by atoms with van der Waals surface area (Å²) >= 11 is 0. The van der Waals surface area contributed by atoms with E-state index in [4.69, 9.17) is 0 Å². The van der Waals surface area contributed by atoms with E-state index in [9.17, 15) is 9.59 Å². The average molecular weight is 311 g/mol. The maximum absolute atomic E-state index is 11.8. The van der Waals surface area contributed by atoms with Gasteiger partial charge >= 0.3 is 0 Å². The number of ketones is 1. The molecule has 1 aliphatic rings. The van der Waals surface area contributed by atoms with Gasteiger partial charge in [-0.2, -0.15) is 0 Å². The second-order valence-electron chi connectivity index (χ2n) is 6.25. The summed E-state index contributed by atoms with van der Waals surface area (Å²) in [5.74, 6) is 6.83. The van der Waals surface area contributed by atoms with Gasteiger partial charge in [0, 0.05) is 17.5 Å². The van der Waals surface area contributed by atoms with Crippen LogP contribution in [0.15, 0.2) is 24.3 Å². The van der Waals surface area contributed by atoms with Crippen LogP contribution >= 0.6 is 0 Å². The van der Waals surface area contributed by atoms with Crippen LogP contribution in [0.2, 0.25) is 0 Å². The predicted molar refractivity (Wildman–Crippen MR) is 92.1 cm³/mol. The van der Waals surface area contributed by atoms with E-state index in [2.05, 4.69) is 17.2 Å². The number of amides is 1. The summed E-state index contributed by atoms with van der Waals surface area (Å²) in [6, 6.07) is 7.20. The van der Waals surface area contributed by atoms with Crippen LogP contribution in [0.4, 0.5) is 0 Å². The third kappa shape index (κ3) is 6.28. The molecule has 1 fully saturated rings. The number of nitrogens with one attached hydrogen (secondary N) is 1. The van der Waals surface area contributed by atoms with Crippen LogP contribution in [0.1, 0.15) is 67.8 Å².